The molecule has 0 saturated carbocycles. The Bertz CT molecular complexity index is 1080. The normalized spacial score (nSPS) is 16.3. The lowest BCUT2D eigenvalue weighted by molar-refractivity contribution is -0.692. The van der Waals surface area contributed by atoms with Crippen molar-refractivity contribution in [2.45, 2.75) is 173 Å². The van der Waals surface area contributed by atoms with E-state index < -0.39 is 10.1 Å². The Kier molecular flexibility index (Phi) is 24.4. The summed E-state index contributed by atoms with van der Waals surface area (Å²) >= 11 is 1.77. The second-order valence-corrected chi connectivity index (χ2v) is 15.3. The van der Waals surface area contributed by atoms with Crippen LogP contribution in [-0.4, -0.2) is 45.2 Å². The van der Waals surface area contributed by atoms with E-state index in [1.165, 1.54) is 134 Å². The summed E-state index contributed by atoms with van der Waals surface area (Å²) in [6.07, 6.45) is 30.7. The zero-order chi connectivity index (χ0) is 33.8. The fourth-order valence-electron chi connectivity index (χ4n) is 5.77. The molecule has 1 fully saturated rings. The minimum absolute atomic E-state index is 0.00155. The van der Waals surface area contributed by atoms with Gasteiger partial charge in [-0.3, -0.25) is 0 Å². The zero-order valence-corrected chi connectivity index (χ0v) is 31.2. The van der Waals surface area contributed by atoms with E-state index >= 15 is 0 Å². The Balaban J connectivity index is 0.000000587. The smallest absolute Gasteiger partial charge is 0.224 e. The van der Waals surface area contributed by atoms with Gasteiger partial charge in [-0.2, -0.15) is 4.57 Å². The van der Waals surface area contributed by atoms with Crippen LogP contribution in [0.2, 0.25) is 0 Å². The number of aromatic nitrogens is 1. The third kappa shape index (κ3) is 22.8. The molecule has 7 nitrogen and oxygen atoms in total. The minimum atomic E-state index is -4.27. The number of rotatable bonds is 27. The molecular weight excluding hydrogens is 631 g/mol. The number of unbranched alkanes of at least 4 members (excludes halogenated alkanes) is 18. The predicted molar refractivity (Wildman–Crippen MR) is 192 cm³/mol. The van der Waals surface area contributed by atoms with Gasteiger partial charge in [0.15, 0.2) is 12.5 Å². The number of benzene rings is 1. The molecule has 270 valence electrons. The van der Waals surface area contributed by atoms with Crippen molar-refractivity contribution in [3.63, 3.8) is 0 Å². The van der Waals surface area contributed by atoms with Crippen LogP contribution in [0.3, 0.4) is 0 Å². The summed E-state index contributed by atoms with van der Waals surface area (Å²) in [5, 5.41) is 2.14. The van der Waals surface area contributed by atoms with Gasteiger partial charge in [0.1, 0.15) is 22.8 Å². The summed E-state index contributed by atoms with van der Waals surface area (Å²) < 4.78 is 51.2. The standard InChI is InChI=1S/C31H58NO3S.C7H8O3S/c1-2-3-4-5-6-7-8-9-10-11-12-13-14-16-19-22-31-34-28-30(35-31)27-33-25-21-18-15-17-20-23-32-24-26-36-29-32;1-6-2-4-7(5-3-6)11(8,9)10/h24,26,29-31H,2-23,25,27-28H2,1H3;2-5H,1H3,(H,8,9,10)/q+1;/p-1/t30-,31-;/m1./s1. The largest absolute Gasteiger partial charge is 0.744 e. The Morgan fingerprint density at radius 2 is 1.36 bits per heavy atom. The second-order valence-electron chi connectivity index (χ2n) is 13.1. The van der Waals surface area contributed by atoms with Crippen molar-refractivity contribution in [2.24, 2.45) is 0 Å². The molecule has 0 aliphatic carbocycles. The van der Waals surface area contributed by atoms with Gasteiger partial charge >= 0.3 is 0 Å². The van der Waals surface area contributed by atoms with Gasteiger partial charge < -0.3 is 18.8 Å². The molecule has 3 rings (SSSR count). The Morgan fingerprint density at radius 1 is 0.809 bits per heavy atom. The van der Waals surface area contributed by atoms with Gasteiger partial charge in [0, 0.05) is 13.0 Å². The maximum atomic E-state index is 10.4. The van der Waals surface area contributed by atoms with E-state index in [4.69, 9.17) is 14.2 Å². The van der Waals surface area contributed by atoms with Gasteiger partial charge in [-0.05, 0) is 44.7 Å². The van der Waals surface area contributed by atoms with Crippen LogP contribution in [0.4, 0.5) is 0 Å². The van der Waals surface area contributed by atoms with E-state index in [0.717, 1.165) is 31.6 Å². The molecule has 1 aromatic carbocycles. The lowest BCUT2D eigenvalue weighted by Gasteiger charge is -2.12. The first-order valence-electron chi connectivity index (χ1n) is 18.7. The molecule has 0 unspecified atom stereocenters. The average Bonchev–Trinajstić information content (AvgIpc) is 3.75. The number of nitrogens with zero attached hydrogens (tertiary/aromatic N) is 1. The third-order valence-electron chi connectivity index (χ3n) is 8.70. The molecule has 2 aromatic rings. The summed E-state index contributed by atoms with van der Waals surface area (Å²) in [4.78, 5) is -0.178. The summed E-state index contributed by atoms with van der Waals surface area (Å²) in [5.74, 6) is 0. The lowest BCUT2D eigenvalue weighted by atomic mass is 10.0. The molecule has 0 spiro atoms. The first-order valence-corrected chi connectivity index (χ1v) is 21.0. The van der Waals surface area contributed by atoms with E-state index in [9.17, 15) is 13.0 Å². The monoisotopic (exact) mass is 695 g/mol. The van der Waals surface area contributed by atoms with Crippen molar-refractivity contribution >= 4 is 21.5 Å². The molecule has 9 heteroatoms. The fourth-order valence-corrected chi connectivity index (χ4v) is 6.86. The fraction of sp³-hybridized carbons (Fsp3) is 0.763. The third-order valence-corrected chi connectivity index (χ3v) is 10.2. The molecule has 1 aliphatic heterocycles. The van der Waals surface area contributed by atoms with E-state index in [2.05, 4.69) is 28.6 Å². The number of hydrogen-bond donors (Lipinski definition) is 0. The molecule has 1 saturated heterocycles. The molecule has 1 aromatic heterocycles. The SMILES string of the molecule is CCCCCCCCCCCCCCCCC[C@@H]1OC[C@@H](COCCCCCCC[n+]2ccsc2)O1.Cc1ccc(S(=O)(=O)[O-])cc1. The van der Waals surface area contributed by atoms with Crippen LogP contribution >= 0.6 is 11.3 Å². The minimum Gasteiger partial charge on any atom is -0.744 e. The average molecular weight is 696 g/mol. The highest BCUT2D eigenvalue weighted by Crippen LogP contribution is 2.19. The number of ether oxygens (including phenoxy) is 3. The van der Waals surface area contributed by atoms with Crippen LogP contribution < -0.4 is 4.57 Å². The van der Waals surface area contributed by atoms with Gasteiger partial charge in [0.2, 0.25) is 5.51 Å². The van der Waals surface area contributed by atoms with Gasteiger partial charge in [-0.25, -0.2) is 8.42 Å². The predicted octanol–water partition coefficient (Wildman–Crippen LogP) is 9.90. The van der Waals surface area contributed by atoms with Crippen LogP contribution in [0, 0.1) is 6.92 Å². The van der Waals surface area contributed by atoms with Crippen molar-refractivity contribution in [3.8, 4) is 0 Å². The van der Waals surface area contributed by atoms with Crippen LogP contribution in [0.25, 0.3) is 0 Å². The molecule has 0 amide bonds. The molecule has 47 heavy (non-hydrogen) atoms. The molecule has 0 bridgehead atoms. The molecular formula is C38H65NO6S2. The Labute approximate surface area is 291 Å². The van der Waals surface area contributed by atoms with Crippen molar-refractivity contribution in [2.75, 3.05) is 19.8 Å². The van der Waals surface area contributed by atoms with Crippen molar-refractivity contribution < 1.29 is 31.7 Å². The quantitative estimate of drug-likeness (QED) is 0.0525. The van der Waals surface area contributed by atoms with E-state index in [1.54, 1.807) is 23.5 Å². The van der Waals surface area contributed by atoms with Gasteiger partial charge in [0.25, 0.3) is 0 Å². The van der Waals surface area contributed by atoms with Gasteiger partial charge in [0.05, 0.1) is 23.5 Å². The molecule has 0 radical (unpaired) electrons. The Morgan fingerprint density at radius 3 is 1.91 bits per heavy atom. The maximum Gasteiger partial charge on any atom is 0.224 e. The second kappa shape index (κ2) is 27.5. The van der Waals surface area contributed by atoms with E-state index in [1.807, 2.05) is 6.92 Å². The van der Waals surface area contributed by atoms with Crippen LogP contribution in [-0.2, 0) is 30.9 Å². The van der Waals surface area contributed by atoms with Gasteiger partial charge in [-0.15, -0.1) is 0 Å². The summed E-state index contributed by atoms with van der Waals surface area (Å²) in [6.45, 7) is 7.50. The van der Waals surface area contributed by atoms with Crippen molar-refractivity contribution in [3.05, 3.63) is 46.9 Å². The van der Waals surface area contributed by atoms with Crippen molar-refractivity contribution in [1.82, 2.24) is 0 Å². The zero-order valence-electron chi connectivity index (χ0n) is 29.6. The number of thiazole rings is 1. The lowest BCUT2D eigenvalue weighted by Crippen LogP contribution is -2.29. The number of hydrogen-bond acceptors (Lipinski definition) is 7. The molecule has 0 N–H and O–H groups in total. The Hall–Kier alpha value is -1.36. The van der Waals surface area contributed by atoms with Crippen molar-refractivity contribution in [1.29, 1.82) is 0 Å². The molecule has 1 aliphatic rings. The number of aryl methyl sites for hydroxylation is 2. The first kappa shape index (κ1) is 41.8. The summed E-state index contributed by atoms with van der Waals surface area (Å²) in [6, 6.07) is 5.78. The maximum absolute atomic E-state index is 10.4. The van der Waals surface area contributed by atoms with Crippen LogP contribution in [0.1, 0.15) is 147 Å². The van der Waals surface area contributed by atoms with E-state index in [0.29, 0.717) is 13.2 Å². The van der Waals surface area contributed by atoms with Crippen LogP contribution in [0.5, 0.6) is 0 Å². The van der Waals surface area contributed by atoms with Crippen LogP contribution in [0.15, 0.2) is 46.2 Å². The van der Waals surface area contributed by atoms with E-state index in [-0.39, 0.29) is 17.3 Å². The van der Waals surface area contributed by atoms with Gasteiger partial charge in [-0.1, -0.05) is 139 Å². The topological polar surface area (TPSA) is 88.8 Å². The first-order chi connectivity index (χ1) is 22.9. The molecule has 2 atom stereocenters. The highest BCUT2D eigenvalue weighted by Gasteiger charge is 2.25. The molecule has 2 heterocycles. The highest BCUT2D eigenvalue weighted by atomic mass is 32.2. The summed E-state index contributed by atoms with van der Waals surface area (Å²) in [5.41, 5.74) is 3.12. The highest BCUT2D eigenvalue weighted by molar-refractivity contribution is 7.85. The summed E-state index contributed by atoms with van der Waals surface area (Å²) in [7, 11) is -4.27.